The highest BCUT2D eigenvalue weighted by atomic mass is 35.5. The zero-order chi connectivity index (χ0) is 31.9. The maximum absolute atomic E-state index is 11.8. The van der Waals surface area contributed by atoms with Gasteiger partial charge in [0.25, 0.3) is 0 Å². The highest BCUT2D eigenvalue weighted by Crippen LogP contribution is 2.43. The molecule has 0 amide bonds. The molecule has 0 saturated carbocycles. The standard InChI is InChI=1S/C35H33BClN3O5/c1-21-25(8-7-11-29(21)36-44-34(2,3)35(4,5)45-36)26-9-6-10-28-27(26)12-13-31(28)43-33-30(37)15-24(19-41)32(40-33)42-20-23-14-22(16-38)17-39-18-23/h6-11,14-15,17-19,31H,12-13,20H2,1-5H3. The third-order valence-corrected chi connectivity index (χ3v) is 9.28. The predicted octanol–water partition coefficient (Wildman–Crippen LogP) is 6.73. The van der Waals surface area contributed by atoms with Gasteiger partial charge in [-0.05, 0) is 92.9 Å². The second kappa shape index (κ2) is 11.9. The second-order valence-electron chi connectivity index (χ2n) is 12.4. The maximum Gasteiger partial charge on any atom is 0.495 e. The van der Waals surface area contributed by atoms with Crippen molar-refractivity contribution in [2.75, 3.05) is 0 Å². The Morgan fingerprint density at radius 3 is 2.53 bits per heavy atom. The number of ether oxygens (including phenoxy) is 2. The second-order valence-corrected chi connectivity index (χ2v) is 12.8. The van der Waals surface area contributed by atoms with E-state index in [0.29, 0.717) is 17.4 Å². The van der Waals surface area contributed by atoms with Gasteiger partial charge in [0.2, 0.25) is 11.8 Å². The molecule has 8 nitrogen and oxygen atoms in total. The van der Waals surface area contributed by atoms with Gasteiger partial charge >= 0.3 is 7.12 Å². The van der Waals surface area contributed by atoms with Crippen LogP contribution in [0.2, 0.25) is 5.02 Å². The third-order valence-electron chi connectivity index (χ3n) is 9.01. The Morgan fingerprint density at radius 2 is 1.80 bits per heavy atom. The number of pyridine rings is 2. The molecular weight excluding hydrogens is 589 g/mol. The third kappa shape index (κ3) is 5.82. The summed E-state index contributed by atoms with van der Waals surface area (Å²) in [6.45, 7) is 10.4. The summed E-state index contributed by atoms with van der Waals surface area (Å²) in [7, 11) is -0.451. The molecule has 0 spiro atoms. The first kappa shape index (κ1) is 30.8. The van der Waals surface area contributed by atoms with Crippen LogP contribution in [-0.4, -0.2) is 34.6 Å². The first-order valence-electron chi connectivity index (χ1n) is 14.9. The molecule has 45 heavy (non-hydrogen) atoms. The normalized spacial score (nSPS) is 17.9. The first-order valence-corrected chi connectivity index (χ1v) is 15.3. The molecular formula is C35H33BClN3O5. The van der Waals surface area contributed by atoms with E-state index in [-0.39, 0.29) is 35.1 Å². The van der Waals surface area contributed by atoms with E-state index >= 15 is 0 Å². The fraction of sp³-hybridized carbons (Fsp3) is 0.314. The number of halogens is 1. The number of fused-ring (bicyclic) bond motifs is 1. The summed E-state index contributed by atoms with van der Waals surface area (Å²) in [5.74, 6) is 0.275. The summed E-state index contributed by atoms with van der Waals surface area (Å²) in [4.78, 5) is 20.3. The van der Waals surface area contributed by atoms with Crippen molar-refractivity contribution in [2.24, 2.45) is 0 Å². The molecule has 2 aliphatic rings. The molecule has 0 N–H and O–H groups in total. The van der Waals surface area contributed by atoms with Crippen LogP contribution in [0.4, 0.5) is 0 Å². The smallest absolute Gasteiger partial charge is 0.472 e. The topological polar surface area (TPSA) is 104 Å². The number of hydrogen-bond donors (Lipinski definition) is 0. The molecule has 3 heterocycles. The Labute approximate surface area is 268 Å². The average Bonchev–Trinajstić information content (AvgIpc) is 3.53. The number of carbonyl (C=O) groups is 1. The van der Waals surface area contributed by atoms with E-state index in [1.54, 1.807) is 12.3 Å². The van der Waals surface area contributed by atoms with Crippen LogP contribution in [0.5, 0.6) is 11.8 Å². The monoisotopic (exact) mass is 621 g/mol. The van der Waals surface area contributed by atoms with E-state index in [9.17, 15) is 4.79 Å². The Balaban J connectivity index is 1.26. The average molecular weight is 622 g/mol. The highest BCUT2D eigenvalue weighted by molar-refractivity contribution is 6.62. The van der Waals surface area contributed by atoms with Crippen molar-refractivity contribution in [3.63, 3.8) is 0 Å². The molecule has 1 unspecified atom stereocenters. The van der Waals surface area contributed by atoms with Crippen LogP contribution in [0.1, 0.15) is 78.4 Å². The van der Waals surface area contributed by atoms with E-state index in [2.05, 4.69) is 81.0 Å². The number of nitriles is 1. The van der Waals surface area contributed by atoms with Crippen molar-refractivity contribution in [3.8, 4) is 29.0 Å². The fourth-order valence-electron chi connectivity index (χ4n) is 5.83. The molecule has 1 atom stereocenters. The zero-order valence-corrected chi connectivity index (χ0v) is 26.6. The Kier molecular flexibility index (Phi) is 8.17. The maximum atomic E-state index is 11.8. The summed E-state index contributed by atoms with van der Waals surface area (Å²) in [5.41, 5.74) is 7.08. The first-order chi connectivity index (χ1) is 21.5. The molecule has 1 saturated heterocycles. The van der Waals surface area contributed by atoms with Crippen LogP contribution in [0.3, 0.4) is 0 Å². The minimum atomic E-state index is -0.451. The van der Waals surface area contributed by atoms with Crippen molar-refractivity contribution in [1.82, 2.24) is 9.97 Å². The van der Waals surface area contributed by atoms with E-state index < -0.39 is 18.3 Å². The van der Waals surface area contributed by atoms with Crippen LogP contribution in [0.25, 0.3) is 11.1 Å². The van der Waals surface area contributed by atoms with Gasteiger partial charge < -0.3 is 18.8 Å². The molecule has 1 aliphatic heterocycles. The van der Waals surface area contributed by atoms with Gasteiger partial charge in [0.1, 0.15) is 23.8 Å². The van der Waals surface area contributed by atoms with Gasteiger partial charge in [-0.2, -0.15) is 10.2 Å². The summed E-state index contributed by atoms with van der Waals surface area (Å²) < 4.78 is 25.0. The summed E-state index contributed by atoms with van der Waals surface area (Å²) >= 11 is 6.54. The lowest BCUT2D eigenvalue weighted by molar-refractivity contribution is 0.00578. The molecule has 0 radical (unpaired) electrons. The lowest BCUT2D eigenvalue weighted by Crippen LogP contribution is -2.41. The van der Waals surface area contributed by atoms with Crippen molar-refractivity contribution < 1.29 is 23.6 Å². The Bertz CT molecular complexity index is 1820. The summed E-state index contributed by atoms with van der Waals surface area (Å²) in [5, 5.41) is 9.37. The molecule has 0 bridgehead atoms. The van der Waals surface area contributed by atoms with Crippen molar-refractivity contribution in [1.29, 1.82) is 5.26 Å². The SMILES string of the molecule is Cc1c(B2OC(C)(C)C(C)(C)O2)cccc1-c1cccc2c1CCC2Oc1nc(OCc2cncc(C#N)c2)c(C=O)cc1Cl. The van der Waals surface area contributed by atoms with Gasteiger partial charge in [0.15, 0.2) is 6.29 Å². The van der Waals surface area contributed by atoms with Crippen LogP contribution in [0.15, 0.2) is 60.9 Å². The minimum absolute atomic E-state index is 0.0669. The number of benzene rings is 2. The zero-order valence-electron chi connectivity index (χ0n) is 25.9. The predicted molar refractivity (Wildman–Crippen MR) is 172 cm³/mol. The van der Waals surface area contributed by atoms with E-state index in [1.165, 1.54) is 17.8 Å². The number of nitrogens with zero attached hydrogens (tertiary/aromatic N) is 3. The molecule has 1 fully saturated rings. The summed E-state index contributed by atoms with van der Waals surface area (Å²) in [6, 6.07) is 17.7. The van der Waals surface area contributed by atoms with Crippen molar-refractivity contribution in [2.45, 2.75) is 71.4 Å². The molecule has 1 aliphatic carbocycles. The van der Waals surface area contributed by atoms with Gasteiger partial charge in [-0.15, -0.1) is 0 Å². The number of aldehydes is 1. The van der Waals surface area contributed by atoms with Gasteiger partial charge in [0.05, 0.1) is 22.3 Å². The number of carbonyl (C=O) groups excluding carboxylic acids is 1. The van der Waals surface area contributed by atoms with Crippen LogP contribution in [-0.2, 0) is 22.3 Å². The fourth-order valence-corrected chi connectivity index (χ4v) is 6.03. The largest absolute Gasteiger partial charge is 0.495 e. The van der Waals surface area contributed by atoms with Crippen LogP contribution >= 0.6 is 11.6 Å². The summed E-state index contributed by atoms with van der Waals surface area (Å²) in [6.07, 6.45) is 4.95. The van der Waals surface area contributed by atoms with Gasteiger partial charge in [-0.1, -0.05) is 48.0 Å². The van der Waals surface area contributed by atoms with Gasteiger partial charge in [-0.3, -0.25) is 9.78 Å². The Morgan fingerprint density at radius 1 is 1.07 bits per heavy atom. The van der Waals surface area contributed by atoms with E-state index in [0.717, 1.165) is 40.6 Å². The van der Waals surface area contributed by atoms with Crippen LogP contribution < -0.4 is 14.9 Å². The highest BCUT2D eigenvalue weighted by Gasteiger charge is 2.52. The van der Waals surface area contributed by atoms with Crippen LogP contribution in [0, 0.1) is 18.3 Å². The number of rotatable bonds is 8. The van der Waals surface area contributed by atoms with Gasteiger partial charge in [0, 0.05) is 18.0 Å². The molecule has 6 rings (SSSR count). The molecule has 10 heteroatoms. The molecule has 228 valence electrons. The van der Waals surface area contributed by atoms with Gasteiger partial charge in [-0.25, -0.2) is 0 Å². The quantitative estimate of drug-likeness (QED) is 0.158. The molecule has 2 aromatic carbocycles. The number of aromatic nitrogens is 2. The van der Waals surface area contributed by atoms with Crippen molar-refractivity contribution in [3.05, 3.63) is 99.3 Å². The lowest BCUT2D eigenvalue weighted by atomic mass is 9.74. The van der Waals surface area contributed by atoms with E-state index in [1.807, 2.05) is 6.07 Å². The lowest BCUT2D eigenvalue weighted by Gasteiger charge is -2.32. The molecule has 4 aromatic rings. The van der Waals surface area contributed by atoms with E-state index in [4.69, 9.17) is 35.6 Å². The van der Waals surface area contributed by atoms with Crippen molar-refractivity contribution >= 4 is 30.5 Å². The Hall–Kier alpha value is -4.23. The minimum Gasteiger partial charge on any atom is -0.472 e. The number of hydrogen-bond acceptors (Lipinski definition) is 8. The molecule has 2 aromatic heterocycles.